The molecule has 0 bridgehead atoms. The van der Waals surface area contributed by atoms with Crippen molar-refractivity contribution in [1.82, 2.24) is 0 Å². The Morgan fingerprint density at radius 2 is 1.78 bits per heavy atom. The normalized spacial score (nSPS) is 23.3. The van der Waals surface area contributed by atoms with Crippen LogP contribution >= 0.6 is 0 Å². The lowest BCUT2D eigenvalue weighted by Gasteiger charge is -2.37. The number of fused-ring (bicyclic) bond motifs is 1. The van der Waals surface area contributed by atoms with Crippen LogP contribution in [0, 0.1) is 13.8 Å². The molecule has 120 valence electrons. The van der Waals surface area contributed by atoms with Crippen LogP contribution in [0.15, 0.2) is 30.3 Å². The molecule has 1 heterocycles. The SMILES string of the molecule is Cc1cc(O)c2c(c1)OC(O)(c1ccc(C)c(O)c1)C(O)C2=O. The number of aryl methyl sites for hydroxylation is 2. The summed E-state index contributed by atoms with van der Waals surface area (Å²) in [7, 11) is 0. The van der Waals surface area contributed by atoms with Crippen LogP contribution in [0.25, 0.3) is 0 Å². The van der Waals surface area contributed by atoms with Crippen molar-refractivity contribution in [1.29, 1.82) is 0 Å². The quantitative estimate of drug-likeness (QED) is 0.635. The van der Waals surface area contributed by atoms with Crippen molar-refractivity contribution in [3.8, 4) is 17.2 Å². The first-order valence-corrected chi connectivity index (χ1v) is 7.01. The Morgan fingerprint density at radius 1 is 1.09 bits per heavy atom. The van der Waals surface area contributed by atoms with Gasteiger partial charge in [-0.05, 0) is 43.2 Å². The molecule has 6 heteroatoms. The average molecular weight is 316 g/mol. The molecule has 0 saturated carbocycles. The number of hydrogen-bond donors (Lipinski definition) is 4. The summed E-state index contributed by atoms with van der Waals surface area (Å²) in [6.07, 6.45) is -1.94. The number of aromatic hydroxyl groups is 2. The van der Waals surface area contributed by atoms with E-state index < -0.39 is 17.7 Å². The van der Waals surface area contributed by atoms with E-state index in [0.29, 0.717) is 11.1 Å². The zero-order valence-corrected chi connectivity index (χ0v) is 12.6. The van der Waals surface area contributed by atoms with Gasteiger partial charge in [-0.25, -0.2) is 0 Å². The number of benzene rings is 2. The molecule has 2 unspecified atom stereocenters. The Bertz CT molecular complexity index is 813. The van der Waals surface area contributed by atoms with Crippen molar-refractivity contribution in [2.75, 3.05) is 0 Å². The van der Waals surface area contributed by atoms with E-state index in [0.717, 1.165) is 0 Å². The van der Waals surface area contributed by atoms with Crippen molar-refractivity contribution in [2.24, 2.45) is 0 Å². The van der Waals surface area contributed by atoms with E-state index >= 15 is 0 Å². The van der Waals surface area contributed by atoms with Crippen LogP contribution in [0.1, 0.15) is 27.0 Å². The minimum Gasteiger partial charge on any atom is -0.508 e. The van der Waals surface area contributed by atoms with Gasteiger partial charge in [-0.1, -0.05) is 12.1 Å². The fourth-order valence-electron chi connectivity index (χ4n) is 2.65. The number of Topliss-reactive ketones (excluding diaryl/α,β-unsaturated/α-hetero) is 1. The molecule has 0 saturated heterocycles. The summed E-state index contributed by atoms with van der Waals surface area (Å²) in [5, 5.41) is 40.7. The molecule has 1 aliphatic rings. The molecule has 3 rings (SSSR count). The van der Waals surface area contributed by atoms with Gasteiger partial charge in [0.05, 0.1) is 0 Å². The molecule has 2 aromatic rings. The second kappa shape index (κ2) is 4.97. The number of ether oxygens (including phenoxy) is 1. The topological polar surface area (TPSA) is 107 Å². The first-order valence-electron chi connectivity index (χ1n) is 7.01. The number of carbonyl (C=O) groups excluding carboxylic acids is 1. The summed E-state index contributed by atoms with van der Waals surface area (Å²) in [6.45, 7) is 3.36. The monoisotopic (exact) mass is 316 g/mol. The summed E-state index contributed by atoms with van der Waals surface area (Å²) < 4.78 is 5.46. The van der Waals surface area contributed by atoms with Gasteiger partial charge in [-0.2, -0.15) is 0 Å². The third-order valence-electron chi connectivity index (χ3n) is 3.98. The van der Waals surface area contributed by atoms with Gasteiger partial charge in [0.1, 0.15) is 22.8 Å². The predicted molar refractivity (Wildman–Crippen MR) is 80.5 cm³/mol. The Kier molecular flexibility index (Phi) is 3.31. The van der Waals surface area contributed by atoms with Crippen molar-refractivity contribution < 1.29 is 30.0 Å². The number of rotatable bonds is 1. The molecule has 0 aliphatic carbocycles. The van der Waals surface area contributed by atoms with Crippen molar-refractivity contribution >= 4 is 5.78 Å². The van der Waals surface area contributed by atoms with Crippen molar-refractivity contribution in [2.45, 2.75) is 25.7 Å². The third-order valence-corrected chi connectivity index (χ3v) is 3.98. The smallest absolute Gasteiger partial charge is 0.268 e. The Labute approximate surface area is 132 Å². The number of phenols is 2. The first kappa shape index (κ1) is 15.3. The number of aliphatic hydroxyl groups is 2. The Morgan fingerprint density at radius 3 is 2.43 bits per heavy atom. The largest absolute Gasteiger partial charge is 0.508 e. The summed E-state index contributed by atoms with van der Waals surface area (Å²) in [5.41, 5.74) is 1.06. The number of aliphatic hydroxyl groups excluding tert-OH is 1. The molecule has 4 N–H and O–H groups in total. The van der Waals surface area contributed by atoms with E-state index in [1.807, 2.05) is 0 Å². The molecule has 0 radical (unpaired) electrons. The van der Waals surface area contributed by atoms with Gasteiger partial charge in [0.25, 0.3) is 5.79 Å². The van der Waals surface area contributed by atoms with Crippen LogP contribution in [-0.4, -0.2) is 32.3 Å². The Hall–Kier alpha value is -2.57. The number of hydrogen-bond acceptors (Lipinski definition) is 6. The lowest BCUT2D eigenvalue weighted by molar-refractivity contribution is -0.204. The molecule has 0 aromatic heterocycles. The maximum Gasteiger partial charge on any atom is 0.268 e. The molecular formula is C17H16O6. The van der Waals surface area contributed by atoms with Gasteiger partial charge >= 0.3 is 0 Å². The van der Waals surface area contributed by atoms with Crippen LogP contribution in [0.3, 0.4) is 0 Å². The maximum absolute atomic E-state index is 12.4. The Balaban J connectivity index is 2.17. The molecule has 23 heavy (non-hydrogen) atoms. The van der Waals surface area contributed by atoms with E-state index in [4.69, 9.17) is 4.74 Å². The fourth-order valence-corrected chi connectivity index (χ4v) is 2.65. The zero-order chi connectivity index (χ0) is 16.9. The summed E-state index contributed by atoms with van der Waals surface area (Å²) in [4.78, 5) is 12.4. The van der Waals surface area contributed by atoms with E-state index in [1.54, 1.807) is 13.8 Å². The van der Waals surface area contributed by atoms with Crippen LogP contribution in [0.4, 0.5) is 0 Å². The van der Waals surface area contributed by atoms with E-state index in [-0.39, 0.29) is 28.4 Å². The molecule has 0 spiro atoms. The fraction of sp³-hybridized carbons (Fsp3) is 0.235. The summed E-state index contributed by atoms with van der Waals surface area (Å²) >= 11 is 0. The van der Waals surface area contributed by atoms with Crippen molar-refractivity contribution in [3.63, 3.8) is 0 Å². The number of ketones is 1. The van der Waals surface area contributed by atoms with Gasteiger partial charge in [0.15, 0.2) is 6.10 Å². The standard InChI is InChI=1S/C17H16O6/c1-8-5-12(19)14-13(6-8)23-17(22,16(21)15(14)20)10-4-3-9(2)11(18)7-10/h3-7,16,18-19,21-22H,1-2H3. The lowest BCUT2D eigenvalue weighted by atomic mass is 9.89. The lowest BCUT2D eigenvalue weighted by Crippen LogP contribution is -2.52. The minimum absolute atomic E-state index is 0.0274. The van der Waals surface area contributed by atoms with Gasteiger partial charge in [0.2, 0.25) is 5.78 Å². The van der Waals surface area contributed by atoms with Gasteiger partial charge in [0, 0.05) is 5.56 Å². The molecule has 2 aromatic carbocycles. The van der Waals surface area contributed by atoms with Gasteiger partial charge in [-0.3, -0.25) is 4.79 Å². The minimum atomic E-state index is -2.35. The van der Waals surface area contributed by atoms with Gasteiger partial charge < -0.3 is 25.2 Å². The first-order chi connectivity index (χ1) is 10.7. The van der Waals surface area contributed by atoms with E-state index in [9.17, 15) is 25.2 Å². The van der Waals surface area contributed by atoms with Crippen LogP contribution in [0.2, 0.25) is 0 Å². The zero-order valence-electron chi connectivity index (χ0n) is 12.6. The summed E-state index contributed by atoms with van der Waals surface area (Å²) in [5.74, 6) is -3.66. The highest BCUT2D eigenvalue weighted by Crippen LogP contribution is 2.42. The van der Waals surface area contributed by atoms with E-state index in [2.05, 4.69) is 0 Å². The van der Waals surface area contributed by atoms with Crippen LogP contribution in [0.5, 0.6) is 17.2 Å². The predicted octanol–water partition coefficient (Wildman–Crippen LogP) is 1.50. The summed E-state index contributed by atoms with van der Waals surface area (Å²) in [6, 6.07) is 7.07. The third kappa shape index (κ3) is 2.23. The molecular weight excluding hydrogens is 300 g/mol. The highest BCUT2D eigenvalue weighted by atomic mass is 16.6. The van der Waals surface area contributed by atoms with Crippen LogP contribution < -0.4 is 4.74 Å². The number of phenolic OH excluding ortho intramolecular Hbond substituents is 2. The number of carbonyl (C=O) groups is 1. The molecule has 6 nitrogen and oxygen atoms in total. The van der Waals surface area contributed by atoms with Gasteiger partial charge in [-0.15, -0.1) is 0 Å². The second-order valence-corrected chi connectivity index (χ2v) is 5.72. The molecule has 2 atom stereocenters. The molecule has 1 aliphatic heterocycles. The molecule has 0 amide bonds. The van der Waals surface area contributed by atoms with E-state index in [1.165, 1.54) is 30.3 Å². The highest BCUT2D eigenvalue weighted by Gasteiger charge is 2.50. The second-order valence-electron chi connectivity index (χ2n) is 5.72. The highest BCUT2D eigenvalue weighted by molar-refractivity contribution is 6.05. The van der Waals surface area contributed by atoms with Crippen LogP contribution in [-0.2, 0) is 5.79 Å². The maximum atomic E-state index is 12.4. The van der Waals surface area contributed by atoms with Crippen molar-refractivity contribution in [3.05, 3.63) is 52.6 Å². The average Bonchev–Trinajstić information content (AvgIpc) is 2.46. The molecule has 0 fully saturated rings.